The van der Waals surface area contributed by atoms with Crippen LogP contribution < -0.4 is 16.0 Å². The Bertz CT molecular complexity index is 455. The van der Waals surface area contributed by atoms with Crippen LogP contribution in [0, 0.1) is 10.1 Å². The fraction of sp³-hybridized carbons (Fsp3) is 0.545. The fourth-order valence-corrected chi connectivity index (χ4v) is 2.30. The number of nitrogens with two attached hydrogens (primary N) is 1. The molecule has 0 amide bonds. The summed E-state index contributed by atoms with van der Waals surface area (Å²) >= 11 is 0. The lowest BCUT2D eigenvalue weighted by Crippen LogP contribution is -2.54. The first-order valence-electron chi connectivity index (χ1n) is 5.89. The number of aromatic nitrogens is 1. The zero-order chi connectivity index (χ0) is 13.3. The lowest BCUT2D eigenvalue weighted by atomic mass is 10.1. The Morgan fingerprint density at radius 3 is 2.56 bits per heavy atom. The van der Waals surface area contributed by atoms with Gasteiger partial charge in [0, 0.05) is 31.2 Å². The SMILES string of the molecule is CC1CN(c2ccc([N+](=O)[O-])c(N)n2)CC(C)N1. The number of nitro groups is 1. The van der Waals surface area contributed by atoms with E-state index in [9.17, 15) is 10.1 Å². The van der Waals surface area contributed by atoms with E-state index in [0.717, 1.165) is 13.1 Å². The first-order valence-corrected chi connectivity index (χ1v) is 5.89. The van der Waals surface area contributed by atoms with E-state index in [-0.39, 0.29) is 11.5 Å². The van der Waals surface area contributed by atoms with Gasteiger partial charge in [0.05, 0.1) is 4.92 Å². The molecule has 18 heavy (non-hydrogen) atoms. The number of nitrogens with zero attached hydrogens (tertiary/aromatic N) is 3. The van der Waals surface area contributed by atoms with Gasteiger partial charge in [-0.1, -0.05) is 0 Å². The summed E-state index contributed by atoms with van der Waals surface area (Å²) < 4.78 is 0. The summed E-state index contributed by atoms with van der Waals surface area (Å²) in [5, 5.41) is 14.1. The molecule has 1 fully saturated rings. The third kappa shape index (κ3) is 2.51. The molecule has 1 aliphatic rings. The van der Waals surface area contributed by atoms with Gasteiger partial charge in [0.25, 0.3) is 0 Å². The van der Waals surface area contributed by atoms with Crippen molar-refractivity contribution in [3.63, 3.8) is 0 Å². The summed E-state index contributed by atoms with van der Waals surface area (Å²) in [6, 6.07) is 3.77. The van der Waals surface area contributed by atoms with E-state index in [2.05, 4.69) is 29.0 Å². The Kier molecular flexibility index (Phi) is 3.33. The summed E-state index contributed by atoms with van der Waals surface area (Å²) in [6.45, 7) is 5.82. The summed E-state index contributed by atoms with van der Waals surface area (Å²) in [7, 11) is 0. The van der Waals surface area contributed by atoms with Crippen LogP contribution in [0.3, 0.4) is 0 Å². The highest BCUT2D eigenvalue weighted by atomic mass is 16.6. The molecule has 0 aliphatic carbocycles. The van der Waals surface area contributed by atoms with Crippen LogP contribution in [-0.2, 0) is 0 Å². The number of pyridine rings is 1. The zero-order valence-corrected chi connectivity index (χ0v) is 10.5. The third-order valence-corrected chi connectivity index (χ3v) is 2.97. The standard InChI is InChI=1S/C11H17N5O2/c1-7-5-15(6-8(2)13-7)10-4-3-9(16(17)18)11(12)14-10/h3-4,7-8,13H,5-6H2,1-2H3,(H2,12,14). The molecule has 0 radical (unpaired) electrons. The highest BCUT2D eigenvalue weighted by molar-refractivity contribution is 5.58. The maximum Gasteiger partial charge on any atom is 0.311 e. The summed E-state index contributed by atoms with van der Waals surface area (Å²) in [6.07, 6.45) is 0. The molecule has 3 N–H and O–H groups in total. The van der Waals surface area contributed by atoms with E-state index in [1.165, 1.54) is 6.07 Å². The Balaban J connectivity index is 2.23. The van der Waals surface area contributed by atoms with E-state index < -0.39 is 4.92 Å². The number of nitrogen functional groups attached to an aromatic ring is 1. The fourth-order valence-electron chi connectivity index (χ4n) is 2.30. The van der Waals surface area contributed by atoms with Gasteiger partial charge in [0.1, 0.15) is 5.82 Å². The Morgan fingerprint density at radius 1 is 1.44 bits per heavy atom. The molecule has 2 atom stereocenters. The van der Waals surface area contributed by atoms with Gasteiger partial charge in [-0.3, -0.25) is 10.1 Å². The van der Waals surface area contributed by atoms with Crippen molar-refractivity contribution < 1.29 is 4.92 Å². The van der Waals surface area contributed by atoms with Crippen molar-refractivity contribution in [3.8, 4) is 0 Å². The Morgan fingerprint density at radius 2 is 2.06 bits per heavy atom. The van der Waals surface area contributed by atoms with Crippen LogP contribution in [0.15, 0.2) is 12.1 Å². The second kappa shape index (κ2) is 4.77. The van der Waals surface area contributed by atoms with Crippen LogP contribution in [0.25, 0.3) is 0 Å². The number of hydrogen-bond donors (Lipinski definition) is 2. The number of hydrogen-bond acceptors (Lipinski definition) is 6. The molecule has 1 aromatic heterocycles. The average Bonchev–Trinajstić information content (AvgIpc) is 2.26. The summed E-state index contributed by atoms with van der Waals surface area (Å²) in [5.41, 5.74) is 5.46. The number of piperazine rings is 1. The van der Waals surface area contributed by atoms with Crippen LogP contribution in [-0.4, -0.2) is 35.1 Å². The minimum Gasteiger partial charge on any atom is -0.378 e. The maximum atomic E-state index is 10.7. The summed E-state index contributed by atoms with van der Waals surface area (Å²) in [4.78, 5) is 16.4. The second-order valence-electron chi connectivity index (χ2n) is 4.70. The van der Waals surface area contributed by atoms with Gasteiger partial charge < -0.3 is 16.0 Å². The van der Waals surface area contributed by atoms with Crippen molar-refractivity contribution in [1.82, 2.24) is 10.3 Å². The molecule has 1 aromatic rings. The molecule has 1 aliphatic heterocycles. The highest BCUT2D eigenvalue weighted by Gasteiger charge is 2.23. The smallest absolute Gasteiger partial charge is 0.311 e. The van der Waals surface area contributed by atoms with Crippen molar-refractivity contribution in [3.05, 3.63) is 22.2 Å². The molecule has 2 rings (SSSR count). The Hall–Kier alpha value is -1.89. The molecule has 2 heterocycles. The van der Waals surface area contributed by atoms with Gasteiger partial charge in [0.2, 0.25) is 5.82 Å². The van der Waals surface area contributed by atoms with Crippen molar-refractivity contribution in [2.75, 3.05) is 23.7 Å². The molecule has 0 aromatic carbocycles. The van der Waals surface area contributed by atoms with E-state index in [1.807, 2.05) is 0 Å². The number of anilines is 2. The van der Waals surface area contributed by atoms with Crippen molar-refractivity contribution in [2.24, 2.45) is 0 Å². The first-order chi connectivity index (χ1) is 8.47. The molecule has 2 unspecified atom stereocenters. The predicted octanol–water partition coefficient (Wildman–Crippen LogP) is 0.759. The molecule has 1 saturated heterocycles. The minimum atomic E-state index is -0.519. The molecular weight excluding hydrogens is 234 g/mol. The average molecular weight is 251 g/mol. The van der Waals surface area contributed by atoms with E-state index in [4.69, 9.17) is 5.73 Å². The second-order valence-corrected chi connectivity index (χ2v) is 4.70. The maximum absolute atomic E-state index is 10.7. The largest absolute Gasteiger partial charge is 0.378 e. The third-order valence-electron chi connectivity index (χ3n) is 2.97. The number of nitrogens with one attached hydrogen (secondary N) is 1. The van der Waals surface area contributed by atoms with Crippen molar-refractivity contribution >= 4 is 17.3 Å². The van der Waals surface area contributed by atoms with Gasteiger partial charge in [-0.25, -0.2) is 4.98 Å². The molecule has 0 saturated carbocycles. The molecule has 0 spiro atoms. The first kappa shape index (κ1) is 12.6. The van der Waals surface area contributed by atoms with Crippen LogP contribution in [0.4, 0.5) is 17.3 Å². The van der Waals surface area contributed by atoms with Crippen molar-refractivity contribution in [1.29, 1.82) is 0 Å². The normalized spacial score (nSPS) is 24.0. The highest BCUT2D eigenvalue weighted by Crippen LogP contribution is 2.24. The van der Waals surface area contributed by atoms with Gasteiger partial charge in [0.15, 0.2) is 0 Å². The van der Waals surface area contributed by atoms with Gasteiger partial charge in [-0.2, -0.15) is 0 Å². The summed E-state index contributed by atoms with van der Waals surface area (Å²) in [5.74, 6) is 0.662. The molecule has 98 valence electrons. The lowest BCUT2D eigenvalue weighted by Gasteiger charge is -2.36. The van der Waals surface area contributed by atoms with Gasteiger partial charge in [-0.15, -0.1) is 0 Å². The Labute approximate surface area is 105 Å². The monoisotopic (exact) mass is 251 g/mol. The van der Waals surface area contributed by atoms with E-state index >= 15 is 0 Å². The topological polar surface area (TPSA) is 97.3 Å². The molecule has 7 heteroatoms. The zero-order valence-electron chi connectivity index (χ0n) is 10.5. The molecular formula is C11H17N5O2. The predicted molar refractivity (Wildman–Crippen MR) is 69.6 cm³/mol. The quantitative estimate of drug-likeness (QED) is 0.595. The van der Waals surface area contributed by atoms with Crippen LogP contribution in [0.5, 0.6) is 0 Å². The van der Waals surface area contributed by atoms with E-state index in [0.29, 0.717) is 17.9 Å². The van der Waals surface area contributed by atoms with Gasteiger partial charge in [-0.05, 0) is 19.9 Å². The van der Waals surface area contributed by atoms with Crippen molar-refractivity contribution in [2.45, 2.75) is 25.9 Å². The number of rotatable bonds is 2. The minimum absolute atomic E-state index is 0.0312. The van der Waals surface area contributed by atoms with E-state index in [1.54, 1.807) is 6.07 Å². The van der Waals surface area contributed by atoms with Gasteiger partial charge >= 0.3 is 5.69 Å². The van der Waals surface area contributed by atoms with Crippen LogP contribution in [0.1, 0.15) is 13.8 Å². The molecule has 7 nitrogen and oxygen atoms in total. The molecule has 0 bridgehead atoms. The lowest BCUT2D eigenvalue weighted by molar-refractivity contribution is -0.384. The van der Waals surface area contributed by atoms with Crippen LogP contribution in [0.2, 0.25) is 0 Å². The van der Waals surface area contributed by atoms with Crippen LogP contribution >= 0.6 is 0 Å².